The lowest BCUT2D eigenvalue weighted by atomic mass is 9.73. The molecule has 1 spiro atoms. The molecular weight excluding hydrogens is 390 g/mol. The van der Waals surface area contributed by atoms with Crippen molar-refractivity contribution in [1.29, 1.82) is 0 Å². The van der Waals surface area contributed by atoms with Crippen LogP contribution in [0.3, 0.4) is 0 Å². The van der Waals surface area contributed by atoms with Crippen molar-refractivity contribution < 1.29 is 9.53 Å². The summed E-state index contributed by atoms with van der Waals surface area (Å²) in [6.45, 7) is 2.92. The second kappa shape index (κ2) is 6.73. The third-order valence-corrected chi connectivity index (χ3v) is 7.13. The third kappa shape index (κ3) is 2.66. The zero-order valence-electron chi connectivity index (χ0n) is 15.2. The summed E-state index contributed by atoms with van der Waals surface area (Å²) in [5.41, 5.74) is 2.93. The van der Waals surface area contributed by atoms with Crippen LogP contribution in [0.4, 0.5) is 0 Å². The molecular formula is C22H24BrNO2. The van der Waals surface area contributed by atoms with Crippen molar-refractivity contribution in [3.63, 3.8) is 0 Å². The van der Waals surface area contributed by atoms with Crippen molar-refractivity contribution in [3.8, 4) is 5.75 Å². The van der Waals surface area contributed by atoms with E-state index in [2.05, 4.69) is 52.0 Å². The Bertz CT molecular complexity index is 819. The zero-order chi connectivity index (χ0) is 18.3. The highest BCUT2D eigenvalue weighted by Crippen LogP contribution is 2.53. The van der Waals surface area contributed by atoms with Crippen LogP contribution in [0.25, 0.3) is 0 Å². The number of carbonyl (C=O) groups excluding carboxylic acids is 1. The van der Waals surface area contributed by atoms with Gasteiger partial charge in [-0.25, -0.2) is 0 Å². The number of methoxy groups -OCH3 is 1. The molecule has 3 unspecified atom stereocenters. The Hall–Kier alpha value is -1.81. The Morgan fingerprint density at radius 2 is 1.92 bits per heavy atom. The van der Waals surface area contributed by atoms with E-state index in [9.17, 15) is 4.79 Å². The van der Waals surface area contributed by atoms with Crippen molar-refractivity contribution in [1.82, 2.24) is 4.90 Å². The van der Waals surface area contributed by atoms with Gasteiger partial charge in [0.2, 0.25) is 0 Å². The van der Waals surface area contributed by atoms with Crippen molar-refractivity contribution in [2.24, 2.45) is 5.92 Å². The SMILES string of the molecule is COc1ccc(CN2C(=O)c3ccccc3C23CCC(C)CC3Br)cc1. The average molecular weight is 414 g/mol. The first-order chi connectivity index (χ1) is 12.6. The Kier molecular flexibility index (Phi) is 4.55. The number of alkyl halides is 1. The summed E-state index contributed by atoms with van der Waals surface area (Å²) < 4.78 is 5.26. The van der Waals surface area contributed by atoms with Gasteiger partial charge in [0, 0.05) is 16.9 Å². The second-order valence-electron chi connectivity index (χ2n) is 7.56. The molecule has 1 aliphatic heterocycles. The van der Waals surface area contributed by atoms with Gasteiger partial charge in [-0.2, -0.15) is 0 Å². The molecule has 26 heavy (non-hydrogen) atoms. The number of nitrogens with zero attached hydrogens (tertiary/aromatic N) is 1. The number of rotatable bonds is 3. The number of carbonyl (C=O) groups is 1. The Labute approximate surface area is 163 Å². The summed E-state index contributed by atoms with van der Waals surface area (Å²) in [5, 5.41) is 0. The maximum Gasteiger partial charge on any atom is 0.255 e. The zero-order valence-corrected chi connectivity index (χ0v) is 16.8. The first-order valence-electron chi connectivity index (χ1n) is 9.24. The average Bonchev–Trinajstić information content (AvgIpc) is 2.89. The number of fused-ring (bicyclic) bond motifs is 2. The summed E-state index contributed by atoms with van der Waals surface area (Å²) in [7, 11) is 1.67. The van der Waals surface area contributed by atoms with E-state index in [1.54, 1.807) is 7.11 Å². The van der Waals surface area contributed by atoms with E-state index >= 15 is 0 Å². The number of hydrogen-bond acceptors (Lipinski definition) is 2. The van der Waals surface area contributed by atoms with Gasteiger partial charge in [-0.15, -0.1) is 0 Å². The highest BCUT2D eigenvalue weighted by atomic mass is 79.9. The summed E-state index contributed by atoms with van der Waals surface area (Å²) in [6.07, 6.45) is 3.23. The van der Waals surface area contributed by atoms with Gasteiger partial charge in [0.05, 0.1) is 12.6 Å². The fraction of sp³-hybridized carbons (Fsp3) is 0.409. The molecule has 2 aromatic carbocycles. The van der Waals surface area contributed by atoms with Gasteiger partial charge in [-0.3, -0.25) is 4.79 Å². The molecule has 2 aromatic rings. The quantitative estimate of drug-likeness (QED) is 0.652. The van der Waals surface area contributed by atoms with Crippen LogP contribution < -0.4 is 4.74 Å². The normalized spacial score (nSPS) is 27.7. The number of amides is 1. The summed E-state index contributed by atoms with van der Waals surface area (Å²) in [4.78, 5) is 15.7. The van der Waals surface area contributed by atoms with E-state index in [-0.39, 0.29) is 16.3 Å². The van der Waals surface area contributed by atoms with Crippen molar-refractivity contribution in [2.75, 3.05) is 7.11 Å². The smallest absolute Gasteiger partial charge is 0.255 e. The van der Waals surface area contributed by atoms with Gasteiger partial charge in [-0.05, 0) is 54.5 Å². The fourth-order valence-electron chi connectivity index (χ4n) is 4.54. The first kappa shape index (κ1) is 17.6. The second-order valence-corrected chi connectivity index (χ2v) is 8.66. The fourth-order valence-corrected chi connectivity index (χ4v) is 5.90. The molecule has 1 heterocycles. The maximum absolute atomic E-state index is 13.3. The minimum absolute atomic E-state index is 0.149. The van der Waals surface area contributed by atoms with Crippen LogP contribution in [0.5, 0.6) is 5.75 Å². The van der Waals surface area contributed by atoms with Gasteiger partial charge in [-0.1, -0.05) is 53.2 Å². The molecule has 3 atom stereocenters. The van der Waals surface area contributed by atoms with Crippen LogP contribution in [0, 0.1) is 5.92 Å². The highest BCUT2D eigenvalue weighted by molar-refractivity contribution is 9.09. The Morgan fingerprint density at radius 3 is 2.62 bits per heavy atom. The Morgan fingerprint density at radius 1 is 1.19 bits per heavy atom. The van der Waals surface area contributed by atoms with E-state index in [1.807, 2.05) is 24.3 Å². The van der Waals surface area contributed by atoms with Crippen LogP contribution in [0.1, 0.15) is 47.7 Å². The molecule has 0 N–H and O–H groups in total. The summed E-state index contributed by atoms with van der Waals surface area (Å²) >= 11 is 3.97. The topological polar surface area (TPSA) is 29.5 Å². The van der Waals surface area contributed by atoms with E-state index in [0.29, 0.717) is 12.5 Å². The molecule has 0 saturated heterocycles. The predicted octanol–water partition coefficient (Wildman–Crippen LogP) is 5.13. The molecule has 136 valence electrons. The monoisotopic (exact) mass is 413 g/mol. The van der Waals surface area contributed by atoms with E-state index in [4.69, 9.17) is 4.74 Å². The van der Waals surface area contributed by atoms with E-state index in [0.717, 1.165) is 36.1 Å². The highest BCUT2D eigenvalue weighted by Gasteiger charge is 2.54. The van der Waals surface area contributed by atoms with Gasteiger partial charge in [0.15, 0.2) is 0 Å². The van der Waals surface area contributed by atoms with Crippen molar-refractivity contribution in [2.45, 2.75) is 43.1 Å². The van der Waals surface area contributed by atoms with Crippen LogP contribution in [0.15, 0.2) is 48.5 Å². The third-order valence-electron chi connectivity index (χ3n) is 6.00. The van der Waals surface area contributed by atoms with Crippen LogP contribution in [-0.4, -0.2) is 22.7 Å². The van der Waals surface area contributed by atoms with E-state index < -0.39 is 0 Å². The molecule has 1 saturated carbocycles. The molecule has 0 bridgehead atoms. The first-order valence-corrected chi connectivity index (χ1v) is 10.2. The van der Waals surface area contributed by atoms with Crippen LogP contribution in [0.2, 0.25) is 0 Å². The number of ether oxygens (including phenoxy) is 1. The summed E-state index contributed by atoms with van der Waals surface area (Å²) in [5.74, 6) is 1.66. The molecule has 0 radical (unpaired) electrons. The molecule has 4 rings (SSSR count). The van der Waals surface area contributed by atoms with Gasteiger partial charge < -0.3 is 9.64 Å². The molecule has 2 aliphatic rings. The minimum Gasteiger partial charge on any atom is -0.497 e. The molecule has 0 aromatic heterocycles. The molecule has 1 fully saturated rings. The Balaban J connectivity index is 1.75. The van der Waals surface area contributed by atoms with Crippen LogP contribution >= 0.6 is 15.9 Å². The number of benzene rings is 2. The van der Waals surface area contributed by atoms with Gasteiger partial charge >= 0.3 is 0 Å². The molecule has 1 aliphatic carbocycles. The number of hydrogen-bond donors (Lipinski definition) is 0. The number of halogens is 1. The predicted molar refractivity (Wildman–Crippen MR) is 107 cm³/mol. The van der Waals surface area contributed by atoms with Crippen LogP contribution in [-0.2, 0) is 12.1 Å². The molecule has 3 nitrogen and oxygen atoms in total. The lowest BCUT2D eigenvalue weighted by molar-refractivity contribution is 0.0370. The molecule has 4 heteroatoms. The minimum atomic E-state index is -0.250. The lowest BCUT2D eigenvalue weighted by Gasteiger charge is -2.47. The van der Waals surface area contributed by atoms with Gasteiger partial charge in [0.1, 0.15) is 5.75 Å². The van der Waals surface area contributed by atoms with Gasteiger partial charge in [0.25, 0.3) is 5.91 Å². The van der Waals surface area contributed by atoms with E-state index in [1.165, 1.54) is 5.56 Å². The molecule has 1 amide bonds. The lowest BCUT2D eigenvalue weighted by Crippen LogP contribution is -2.52. The largest absolute Gasteiger partial charge is 0.497 e. The maximum atomic E-state index is 13.3. The summed E-state index contributed by atoms with van der Waals surface area (Å²) in [6, 6.07) is 16.2. The van der Waals surface area contributed by atoms with Crippen molar-refractivity contribution >= 4 is 21.8 Å². The standard InChI is InChI=1S/C22H24BrNO2/c1-15-11-12-22(20(23)13-15)19-6-4-3-5-18(19)21(25)24(22)14-16-7-9-17(26-2)10-8-16/h3-10,15,20H,11-14H2,1-2H3. The van der Waals surface area contributed by atoms with Crippen molar-refractivity contribution in [3.05, 3.63) is 65.2 Å².